The van der Waals surface area contributed by atoms with E-state index in [0.717, 1.165) is 11.3 Å². The predicted molar refractivity (Wildman–Crippen MR) is 74.8 cm³/mol. The number of hydrogen-bond acceptors (Lipinski definition) is 5. The summed E-state index contributed by atoms with van der Waals surface area (Å²) in [5.41, 5.74) is 0. The van der Waals surface area contributed by atoms with Gasteiger partial charge in [0.25, 0.3) is 0 Å². The summed E-state index contributed by atoms with van der Waals surface area (Å²) >= 11 is 0.969. The summed E-state index contributed by atoms with van der Waals surface area (Å²) in [6, 6.07) is 1.05. The molecule has 1 saturated heterocycles. The minimum Gasteiger partial charge on any atom is -0.477 e. The van der Waals surface area contributed by atoms with Gasteiger partial charge in [0.05, 0.1) is 11.0 Å². The Kier molecular flexibility index (Phi) is 4.48. The van der Waals surface area contributed by atoms with E-state index in [1.54, 1.807) is 6.92 Å². The van der Waals surface area contributed by atoms with Gasteiger partial charge in [-0.05, 0) is 32.8 Å². The molecule has 0 radical (unpaired) electrons. The van der Waals surface area contributed by atoms with E-state index in [1.165, 1.54) is 6.07 Å². The fourth-order valence-electron chi connectivity index (χ4n) is 2.23. The quantitative estimate of drug-likeness (QED) is 0.879. The first-order chi connectivity index (χ1) is 9.29. The molecule has 2 rings (SSSR count). The minimum absolute atomic E-state index is 0.0228. The van der Waals surface area contributed by atoms with Gasteiger partial charge in [-0.2, -0.15) is 0 Å². The average Bonchev–Trinajstić information content (AvgIpc) is 2.71. The molecule has 0 spiro atoms. The molecule has 1 fully saturated rings. The zero-order chi connectivity index (χ0) is 14.9. The fourth-order valence-corrected chi connectivity index (χ4v) is 4.94. The molecule has 1 aliphatic heterocycles. The number of carboxylic acid groups (broad SMARTS) is 1. The number of sulfonamides is 1. The molecular formula is C12H17NO5S2. The van der Waals surface area contributed by atoms with Crippen molar-refractivity contribution in [2.75, 3.05) is 6.61 Å². The summed E-state index contributed by atoms with van der Waals surface area (Å²) in [5, 5.41) is 8.92. The molecule has 1 aliphatic rings. The van der Waals surface area contributed by atoms with Crippen LogP contribution in [0.5, 0.6) is 0 Å². The number of ether oxygens (including phenoxy) is 1. The second-order valence-corrected chi connectivity index (χ2v) is 7.80. The normalized spacial score (nSPS) is 23.7. The number of aromatic carboxylic acids is 1. The first-order valence-electron chi connectivity index (χ1n) is 6.27. The third kappa shape index (κ3) is 3.38. The number of rotatable bonds is 4. The zero-order valence-electron chi connectivity index (χ0n) is 11.3. The van der Waals surface area contributed by atoms with Gasteiger partial charge in [0.2, 0.25) is 10.0 Å². The lowest BCUT2D eigenvalue weighted by molar-refractivity contribution is 0.0173. The van der Waals surface area contributed by atoms with Gasteiger partial charge in [0.15, 0.2) is 0 Å². The van der Waals surface area contributed by atoms with Crippen LogP contribution in [0.15, 0.2) is 11.0 Å². The van der Waals surface area contributed by atoms with E-state index in [9.17, 15) is 13.2 Å². The fraction of sp³-hybridized carbons (Fsp3) is 0.583. The van der Waals surface area contributed by atoms with Crippen molar-refractivity contribution in [3.05, 3.63) is 15.8 Å². The lowest BCUT2D eigenvalue weighted by Crippen LogP contribution is -2.41. The Morgan fingerprint density at radius 3 is 2.80 bits per heavy atom. The Bertz CT molecular complexity index is 607. The van der Waals surface area contributed by atoms with Gasteiger partial charge in [-0.25, -0.2) is 17.9 Å². The van der Waals surface area contributed by atoms with Crippen LogP contribution in [0.2, 0.25) is 0 Å². The molecule has 2 heterocycles. The molecule has 2 atom stereocenters. The van der Waals surface area contributed by atoms with Crippen molar-refractivity contribution in [2.24, 2.45) is 0 Å². The van der Waals surface area contributed by atoms with Crippen molar-refractivity contribution >= 4 is 27.3 Å². The highest BCUT2D eigenvalue weighted by molar-refractivity contribution is 7.89. The average molecular weight is 319 g/mol. The first kappa shape index (κ1) is 15.4. The molecule has 112 valence electrons. The minimum atomic E-state index is -3.69. The molecule has 8 heteroatoms. The van der Waals surface area contributed by atoms with Crippen LogP contribution in [0.25, 0.3) is 0 Å². The highest BCUT2D eigenvalue weighted by Gasteiger charge is 2.27. The molecule has 0 amide bonds. The number of aryl methyl sites for hydroxylation is 1. The smallest absolute Gasteiger partial charge is 0.345 e. The van der Waals surface area contributed by atoms with Crippen LogP contribution in [0.3, 0.4) is 0 Å². The van der Waals surface area contributed by atoms with Crippen molar-refractivity contribution in [3.8, 4) is 0 Å². The Labute approximate surface area is 121 Å². The van der Waals surface area contributed by atoms with E-state index in [2.05, 4.69) is 4.72 Å². The largest absolute Gasteiger partial charge is 0.477 e. The maximum Gasteiger partial charge on any atom is 0.345 e. The van der Waals surface area contributed by atoms with Gasteiger partial charge in [0.1, 0.15) is 4.88 Å². The maximum atomic E-state index is 12.3. The van der Waals surface area contributed by atoms with Gasteiger partial charge in [-0.15, -0.1) is 11.3 Å². The van der Waals surface area contributed by atoms with Gasteiger partial charge in [-0.3, -0.25) is 0 Å². The van der Waals surface area contributed by atoms with Crippen molar-refractivity contribution in [2.45, 2.75) is 43.7 Å². The topological polar surface area (TPSA) is 92.7 Å². The number of hydrogen-bond donors (Lipinski definition) is 2. The number of carboxylic acids is 1. The highest BCUT2D eigenvalue weighted by Crippen LogP contribution is 2.26. The van der Waals surface area contributed by atoms with Crippen molar-refractivity contribution in [3.63, 3.8) is 0 Å². The third-order valence-corrected chi connectivity index (χ3v) is 5.99. The van der Waals surface area contributed by atoms with E-state index in [0.29, 0.717) is 24.3 Å². The van der Waals surface area contributed by atoms with Crippen LogP contribution in [0.1, 0.15) is 34.3 Å². The highest BCUT2D eigenvalue weighted by atomic mass is 32.2. The zero-order valence-corrected chi connectivity index (χ0v) is 12.9. The molecule has 2 unspecified atom stereocenters. The second-order valence-electron chi connectivity index (χ2n) is 4.86. The number of nitrogens with one attached hydrogen (secondary N) is 1. The SMILES string of the molecule is Cc1sc(C(=O)O)cc1S(=O)(=O)NC1CCOC(C)C1. The van der Waals surface area contributed by atoms with E-state index in [1.807, 2.05) is 6.92 Å². The predicted octanol–water partition coefficient (Wildman–Crippen LogP) is 1.60. The standard InChI is InChI=1S/C12H17NO5S2/c1-7-5-9(3-4-18-7)13-20(16,17)11-6-10(12(14)15)19-8(11)2/h6-7,9,13H,3-5H2,1-2H3,(H,14,15). The van der Waals surface area contributed by atoms with Crippen LogP contribution in [-0.4, -0.2) is 38.2 Å². The number of carbonyl (C=O) groups is 1. The first-order valence-corrected chi connectivity index (χ1v) is 8.57. The molecule has 0 saturated carbocycles. The van der Waals surface area contributed by atoms with Gasteiger partial charge in [0, 0.05) is 17.5 Å². The van der Waals surface area contributed by atoms with Crippen molar-refractivity contribution in [1.29, 1.82) is 0 Å². The van der Waals surface area contributed by atoms with Crippen LogP contribution in [0.4, 0.5) is 0 Å². The Balaban J connectivity index is 2.19. The molecule has 0 bridgehead atoms. The third-order valence-electron chi connectivity index (χ3n) is 3.18. The van der Waals surface area contributed by atoms with Crippen molar-refractivity contribution < 1.29 is 23.1 Å². The summed E-state index contributed by atoms with van der Waals surface area (Å²) in [7, 11) is -3.69. The summed E-state index contributed by atoms with van der Waals surface area (Å²) in [5.74, 6) is -1.11. The lowest BCUT2D eigenvalue weighted by atomic mass is 10.1. The molecule has 20 heavy (non-hydrogen) atoms. The molecule has 0 aliphatic carbocycles. The summed E-state index contributed by atoms with van der Waals surface area (Å²) in [4.78, 5) is 11.5. The van der Waals surface area contributed by atoms with Gasteiger partial charge >= 0.3 is 5.97 Å². The summed E-state index contributed by atoms with van der Waals surface area (Å²) in [6.07, 6.45) is 1.27. The van der Waals surface area contributed by atoms with Crippen molar-refractivity contribution in [1.82, 2.24) is 4.72 Å². The Hall–Kier alpha value is -0.960. The number of thiophene rings is 1. The summed E-state index contributed by atoms with van der Waals surface area (Å²) in [6.45, 7) is 4.04. The maximum absolute atomic E-state index is 12.3. The lowest BCUT2D eigenvalue weighted by Gasteiger charge is -2.27. The van der Waals surface area contributed by atoms with Crippen LogP contribution >= 0.6 is 11.3 Å². The molecule has 0 aromatic carbocycles. The van der Waals surface area contributed by atoms with E-state index < -0.39 is 16.0 Å². The molecular weight excluding hydrogens is 302 g/mol. The summed E-state index contributed by atoms with van der Waals surface area (Å²) < 4.78 is 32.7. The Morgan fingerprint density at radius 2 is 2.25 bits per heavy atom. The monoisotopic (exact) mass is 319 g/mol. The molecule has 1 aromatic heterocycles. The molecule has 1 aromatic rings. The second kappa shape index (κ2) is 5.80. The van der Waals surface area contributed by atoms with Crippen LogP contribution < -0.4 is 4.72 Å². The molecule has 2 N–H and O–H groups in total. The van der Waals surface area contributed by atoms with E-state index >= 15 is 0 Å². The van der Waals surface area contributed by atoms with E-state index in [4.69, 9.17) is 9.84 Å². The Morgan fingerprint density at radius 1 is 1.55 bits per heavy atom. The van der Waals surface area contributed by atoms with Gasteiger partial charge < -0.3 is 9.84 Å². The molecule has 6 nitrogen and oxygen atoms in total. The van der Waals surface area contributed by atoms with Crippen LogP contribution in [0, 0.1) is 6.92 Å². The van der Waals surface area contributed by atoms with Crippen LogP contribution in [-0.2, 0) is 14.8 Å². The van der Waals surface area contributed by atoms with E-state index in [-0.39, 0.29) is 21.9 Å². The van der Waals surface area contributed by atoms with Gasteiger partial charge in [-0.1, -0.05) is 0 Å².